The van der Waals surface area contributed by atoms with E-state index in [1.165, 1.54) is 6.07 Å². The van der Waals surface area contributed by atoms with E-state index in [9.17, 15) is 13.6 Å². The molecule has 2 rings (SSSR count). The number of nitrogens with two attached hydrogens (primary N) is 1. The van der Waals surface area contributed by atoms with Crippen LogP contribution in [0.3, 0.4) is 0 Å². The monoisotopic (exact) mass is 276 g/mol. The van der Waals surface area contributed by atoms with Gasteiger partial charge in [0.1, 0.15) is 0 Å². The van der Waals surface area contributed by atoms with E-state index in [1.807, 2.05) is 0 Å². The quantitative estimate of drug-likeness (QED) is 0.838. The van der Waals surface area contributed by atoms with Crippen molar-refractivity contribution in [2.45, 2.75) is 0 Å². The van der Waals surface area contributed by atoms with Crippen LogP contribution in [0.4, 0.5) is 11.4 Å². The highest BCUT2D eigenvalue weighted by atomic mass is 32.2. The van der Waals surface area contributed by atoms with Gasteiger partial charge < -0.3 is 5.73 Å². The van der Waals surface area contributed by atoms with Gasteiger partial charge in [-0.2, -0.15) is 0 Å². The van der Waals surface area contributed by atoms with E-state index < -0.39 is 17.2 Å². The maximum Gasteiger partial charge on any atom is 0.266 e. The Bertz CT molecular complexity index is 616. The molecule has 0 aliphatic rings. The van der Waals surface area contributed by atoms with Gasteiger partial charge in [0.25, 0.3) is 17.2 Å². The number of benzene rings is 2. The Balaban J connectivity index is 2.59. The Morgan fingerprint density at radius 1 is 1.05 bits per heavy atom. The Morgan fingerprint density at radius 2 is 1.63 bits per heavy atom. The van der Waals surface area contributed by atoms with Crippen LogP contribution < -0.4 is 10.0 Å². The van der Waals surface area contributed by atoms with Crippen LogP contribution in [0.15, 0.2) is 54.6 Å². The molecule has 0 saturated carbocycles. The standard InChI is InChI=1S/C13H12N2O3S/c14-13(16)11-8-4-5-9-12(11)15(19(17)18)10-6-2-1-3-7-10/h1-9H,(H2,14,16)(H,17,18). The van der Waals surface area contributed by atoms with E-state index in [0.29, 0.717) is 11.4 Å². The molecule has 6 heteroatoms. The molecule has 19 heavy (non-hydrogen) atoms. The third kappa shape index (κ3) is 2.81. The van der Waals surface area contributed by atoms with Crippen LogP contribution in [0.25, 0.3) is 0 Å². The predicted octanol–water partition coefficient (Wildman–Crippen LogP) is 2.06. The van der Waals surface area contributed by atoms with Crippen molar-refractivity contribution in [2.75, 3.05) is 4.31 Å². The molecule has 98 valence electrons. The van der Waals surface area contributed by atoms with Crippen molar-refractivity contribution in [3.63, 3.8) is 0 Å². The molecule has 0 aliphatic heterocycles. The van der Waals surface area contributed by atoms with Crippen molar-refractivity contribution >= 4 is 28.5 Å². The van der Waals surface area contributed by atoms with Crippen LogP contribution >= 0.6 is 0 Å². The molecule has 0 saturated heterocycles. The summed E-state index contributed by atoms with van der Waals surface area (Å²) in [5.74, 6) is -0.651. The summed E-state index contributed by atoms with van der Waals surface area (Å²) < 4.78 is 22.2. The minimum atomic E-state index is -2.31. The van der Waals surface area contributed by atoms with E-state index in [-0.39, 0.29) is 5.56 Å². The average molecular weight is 276 g/mol. The van der Waals surface area contributed by atoms with Gasteiger partial charge in [0.2, 0.25) is 0 Å². The number of primary amides is 1. The third-order valence-corrected chi connectivity index (χ3v) is 3.26. The van der Waals surface area contributed by atoms with E-state index in [4.69, 9.17) is 5.73 Å². The summed E-state index contributed by atoms with van der Waals surface area (Å²) in [6.45, 7) is 0. The predicted molar refractivity (Wildman–Crippen MR) is 74.3 cm³/mol. The molecule has 0 heterocycles. The lowest BCUT2D eigenvalue weighted by molar-refractivity contribution is 0.100. The van der Waals surface area contributed by atoms with Gasteiger partial charge >= 0.3 is 0 Å². The summed E-state index contributed by atoms with van der Waals surface area (Å²) in [4.78, 5) is 11.4. The fraction of sp³-hybridized carbons (Fsp3) is 0. The Morgan fingerprint density at radius 3 is 2.21 bits per heavy atom. The number of anilines is 2. The Labute approximate surface area is 113 Å². The molecule has 0 aromatic heterocycles. The summed E-state index contributed by atoms with van der Waals surface area (Å²) in [6, 6.07) is 15.0. The van der Waals surface area contributed by atoms with Crippen LogP contribution in [-0.4, -0.2) is 14.7 Å². The smallest absolute Gasteiger partial charge is 0.266 e. The normalized spacial score (nSPS) is 11.8. The van der Waals surface area contributed by atoms with E-state index in [2.05, 4.69) is 0 Å². The van der Waals surface area contributed by atoms with E-state index >= 15 is 0 Å². The molecule has 2 aromatic carbocycles. The number of nitrogens with zero attached hydrogens (tertiary/aromatic N) is 1. The first-order chi connectivity index (χ1) is 9.11. The lowest BCUT2D eigenvalue weighted by Crippen LogP contribution is -2.23. The average Bonchev–Trinajstić information content (AvgIpc) is 2.40. The molecule has 5 nitrogen and oxygen atoms in total. The molecule has 0 aliphatic carbocycles. The number of carbonyl (C=O) groups excluding carboxylic acids is 1. The Hall–Kier alpha value is -2.18. The summed E-state index contributed by atoms with van der Waals surface area (Å²) in [5.41, 5.74) is 6.26. The van der Waals surface area contributed by atoms with Crippen LogP contribution in [-0.2, 0) is 11.3 Å². The number of carbonyl (C=O) groups is 1. The molecule has 1 amide bonds. The number of hydrogen-bond donors (Lipinski definition) is 2. The molecule has 3 N–H and O–H groups in total. The van der Waals surface area contributed by atoms with Crippen molar-refractivity contribution in [1.29, 1.82) is 0 Å². The Kier molecular flexibility index (Phi) is 3.94. The lowest BCUT2D eigenvalue weighted by Gasteiger charge is -2.21. The SMILES string of the molecule is NC(=O)c1ccccc1N(c1ccccc1)S(=O)O. The van der Waals surface area contributed by atoms with Crippen LogP contribution in [0.2, 0.25) is 0 Å². The van der Waals surface area contributed by atoms with E-state index in [0.717, 1.165) is 4.31 Å². The third-order valence-electron chi connectivity index (χ3n) is 2.54. The summed E-state index contributed by atoms with van der Waals surface area (Å²) in [7, 11) is 0. The van der Waals surface area contributed by atoms with Crippen molar-refractivity contribution in [1.82, 2.24) is 0 Å². The fourth-order valence-corrected chi connectivity index (χ4v) is 2.37. The molecular weight excluding hydrogens is 264 g/mol. The second kappa shape index (κ2) is 5.64. The maximum absolute atomic E-state index is 11.6. The van der Waals surface area contributed by atoms with Gasteiger partial charge in [0.15, 0.2) is 0 Å². The molecule has 2 aromatic rings. The van der Waals surface area contributed by atoms with E-state index in [1.54, 1.807) is 48.5 Å². The second-order valence-electron chi connectivity index (χ2n) is 3.74. The molecule has 0 bridgehead atoms. The highest BCUT2D eigenvalue weighted by Gasteiger charge is 2.19. The lowest BCUT2D eigenvalue weighted by atomic mass is 10.1. The topological polar surface area (TPSA) is 83.6 Å². The molecule has 1 atom stereocenters. The van der Waals surface area contributed by atoms with Gasteiger partial charge in [0, 0.05) is 0 Å². The maximum atomic E-state index is 11.6. The van der Waals surface area contributed by atoms with Crippen molar-refractivity contribution < 1.29 is 13.6 Å². The fourth-order valence-electron chi connectivity index (χ4n) is 1.74. The van der Waals surface area contributed by atoms with Crippen LogP contribution in [0.1, 0.15) is 10.4 Å². The second-order valence-corrected chi connectivity index (χ2v) is 4.57. The van der Waals surface area contributed by atoms with Crippen molar-refractivity contribution in [3.05, 3.63) is 60.2 Å². The van der Waals surface area contributed by atoms with Gasteiger partial charge in [-0.25, -0.2) is 8.51 Å². The largest absolute Gasteiger partial charge is 0.366 e. The zero-order valence-electron chi connectivity index (χ0n) is 9.89. The zero-order valence-corrected chi connectivity index (χ0v) is 10.7. The molecular formula is C13H12N2O3S. The molecule has 0 fully saturated rings. The van der Waals surface area contributed by atoms with Gasteiger partial charge in [-0.1, -0.05) is 30.3 Å². The summed E-state index contributed by atoms with van der Waals surface area (Å²) in [5, 5.41) is 0. The van der Waals surface area contributed by atoms with Crippen molar-refractivity contribution in [2.24, 2.45) is 5.73 Å². The van der Waals surface area contributed by atoms with Crippen molar-refractivity contribution in [3.8, 4) is 0 Å². The summed E-state index contributed by atoms with van der Waals surface area (Å²) >= 11 is -2.31. The minimum Gasteiger partial charge on any atom is -0.366 e. The molecule has 0 spiro atoms. The zero-order chi connectivity index (χ0) is 13.8. The number of amides is 1. The first kappa shape index (κ1) is 13.3. The van der Waals surface area contributed by atoms with Crippen LogP contribution in [0, 0.1) is 0 Å². The van der Waals surface area contributed by atoms with Gasteiger partial charge in [-0.05, 0) is 24.3 Å². The minimum absolute atomic E-state index is 0.189. The first-order valence-corrected chi connectivity index (χ1v) is 6.52. The van der Waals surface area contributed by atoms with Gasteiger partial charge in [-0.15, -0.1) is 0 Å². The number of rotatable bonds is 4. The molecule has 0 radical (unpaired) electrons. The molecule has 1 unspecified atom stereocenters. The van der Waals surface area contributed by atoms with Gasteiger partial charge in [0.05, 0.1) is 16.9 Å². The number of hydrogen-bond acceptors (Lipinski definition) is 2. The van der Waals surface area contributed by atoms with Gasteiger partial charge in [-0.3, -0.25) is 9.35 Å². The highest BCUT2D eigenvalue weighted by Crippen LogP contribution is 2.29. The number of para-hydroxylation sites is 2. The first-order valence-electron chi connectivity index (χ1n) is 5.46. The highest BCUT2D eigenvalue weighted by molar-refractivity contribution is 7.81. The van der Waals surface area contributed by atoms with Crippen LogP contribution in [0.5, 0.6) is 0 Å². The summed E-state index contributed by atoms with van der Waals surface area (Å²) in [6.07, 6.45) is 0.